The van der Waals surface area contributed by atoms with Crippen molar-refractivity contribution >= 4 is 11.5 Å². The largest absolute Gasteiger partial charge is 0.490 e. The maximum atomic E-state index is 13.6. The lowest BCUT2D eigenvalue weighted by atomic mass is 9.69. The van der Waals surface area contributed by atoms with Crippen molar-refractivity contribution in [3.8, 4) is 23.0 Å². The Kier molecular flexibility index (Phi) is 4.51. The lowest BCUT2D eigenvalue weighted by Gasteiger charge is -2.46. The van der Waals surface area contributed by atoms with E-state index >= 15 is 0 Å². The van der Waals surface area contributed by atoms with Gasteiger partial charge in [0.05, 0.1) is 13.2 Å². The standard InChI is InChI=1S/C29H29NO5/c1-29(2)14-22-28(23(31)15-29)20(17-4-5-24-25(10-17)35-16-34-24)12-21-19-13-27-26(32-8-3-9-33-27)11-18(19)6-7-30(21)22/h4-5,10-13,20H,3,6-9,14-16H2,1-2H3/t20-/m1/s1. The number of hydrogen-bond donors (Lipinski definition) is 0. The van der Waals surface area contributed by atoms with E-state index in [1.165, 1.54) is 16.8 Å². The SMILES string of the molecule is CC1(C)CC(=O)C2=C(C1)N1CCc3cc4c(cc3C1=C[C@@H]2c1ccc2c(c1)OCO2)OCCCO4. The predicted octanol–water partition coefficient (Wildman–Crippen LogP) is 5.22. The monoisotopic (exact) mass is 471 g/mol. The number of nitrogens with zero attached hydrogens (tertiary/aromatic N) is 1. The molecule has 1 aliphatic carbocycles. The highest BCUT2D eigenvalue weighted by molar-refractivity contribution is 6.01. The molecular weight excluding hydrogens is 442 g/mol. The molecule has 0 saturated heterocycles. The van der Waals surface area contributed by atoms with E-state index in [9.17, 15) is 4.79 Å². The Morgan fingerprint density at radius 1 is 0.914 bits per heavy atom. The molecule has 2 aromatic carbocycles. The zero-order valence-corrected chi connectivity index (χ0v) is 20.2. The molecule has 0 unspecified atom stereocenters. The molecule has 0 N–H and O–H groups in total. The van der Waals surface area contributed by atoms with Crippen LogP contribution >= 0.6 is 0 Å². The minimum atomic E-state index is -0.128. The van der Waals surface area contributed by atoms with E-state index in [0.717, 1.165) is 65.6 Å². The van der Waals surface area contributed by atoms with Crippen LogP contribution in [0.3, 0.4) is 0 Å². The third-order valence-electron chi connectivity index (χ3n) is 7.76. The minimum absolute atomic E-state index is 0.0667. The van der Waals surface area contributed by atoms with E-state index < -0.39 is 0 Å². The fraction of sp³-hybridized carbons (Fsp3) is 0.414. The quantitative estimate of drug-likeness (QED) is 0.569. The van der Waals surface area contributed by atoms with Gasteiger partial charge >= 0.3 is 0 Å². The van der Waals surface area contributed by atoms with Gasteiger partial charge in [0.25, 0.3) is 0 Å². The molecule has 1 atom stereocenters. The van der Waals surface area contributed by atoms with Crippen LogP contribution in [0.2, 0.25) is 0 Å². The Balaban J connectivity index is 1.40. The number of ether oxygens (including phenoxy) is 4. The number of benzene rings is 2. The number of hydrogen-bond acceptors (Lipinski definition) is 6. The Labute approximate surface area is 205 Å². The Morgan fingerprint density at radius 2 is 1.69 bits per heavy atom. The summed E-state index contributed by atoms with van der Waals surface area (Å²) in [6.45, 7) is 6.83. The minimum Gasteiger partial charge on any atom is -0.490 e. The Bertz CT molecular complexity index is 1320. The number of fused-ring (bicyclic) bond motifs is 6. The highest BCUT2D eigenvalue weighted by Crippen LogP contribution is 2.52. The van der Waals surface area contributed by atoms with Crippen molar-refractivity contribution in [1.82, 2.24) is 4.90 Å². The normalized spacial score (nSPS) is 23.7. The predicted molar refractivity (Wildman–Crippen MR) is 131 cm³/mol. The Morgan fingerprint density at radius 3 is 2.54 bits per heavy atom. The van der Waals surface area contributed by atoms with E-state index in [-0.39, 0.29) is 23.9 Å². The van der Waals surface area contributed by atoms with Crippen LogP contribution < -0.4 is 18.9 Å². The first kappa shape index (κ1) is 20.9. The fourth-order valence-corrected chi connectivity index (χ4v) is 6.16. The van der Waals surface area contributed by atoms with Crippen molar-refractivity contribution < 1.29 is 23.7 Å². The lowest BCUT2D eigenvalue weighted by molar-refractivity contribution is -0.118. The van der Waals surface area contributed by atoms with Crippen LogP contribution in [0, 0.1) is 5.41 Å². The molecule has 0 fully saturated rings. The summed E-state index contributed by atoms with van der Waals surface area (Å²) in [6.07, 6.45) is 5.51. The molecule has 5 aliphatic rings. The van der Waals surface area contributed by atoms with Crippen LogP contribution in [0.25, 0.3) is 5.70 Å². The summed E-state index contributed by atoms with van der Waals surface area (Å²) in [5, 5.41) is 0. The van der Waals surface area contributed by atoms with Crippen molar-refractivity contribution in [3.05, 3.63) is 64.4 Å². The molecular formula is C29H29NO5. The second-order valence-corrected chi connectivity index (χ2v) is 10.9. The van der Waals surface area contributed by atoms with E-state index in [4.69, 9.17) is 18.9 Å². The summed E-state index contributed by atoms with van der Waals surface area (Å²) in [5.74, 6) is 3.27. The molecule has 7 rings (SSSR count). The van der Waals surface area contributed by atoms with Crippen molar-refractivity contribution in [2.24, 2.45) is 5.41 Å². The zero-order chi connectivity index (χ0) is 23.7. The maximum Gasteiger partial charge on any atom is 0.231 e. The number of allylic oxidation sites excluding steroid dienone is 3. The van der Waals surface area contributed by atoms with Gasteiger partial charge in [0.15, 0.2) is 28.8 Å². The number of carbonyl (C=O) groups excluding carboxylic acids is 1. The van der Waals surface area contributed by atoms with Crippen molar-refractivity contribution in [2.45, 2.75) is 45.4 Å². The van der Waals surface area contributed by atoms with Gasteiger partial charge in [0.2, 0.25) is 6.79 Å². The summed E-state index contributed by atoms with van der Waals surface area (Å²) in [7, 11) is 0. The molecule has 4 aliphatic heterocycles. The molecule has 0 aromatic heterocycles. The first-order valence-electron chi connectivity index (χ1n) is 12.5. The second-order valence-electron chi connectivity index (χ2n) is 10.9. The van der Waals surface area contributed by atoms with Gasteiger partial charge in [-0.15, -0.1) is 0 Å². The average molecular weight is 472 g/mol. The van der Waals surface area contributed by atoms with Crippen LogP contribution in [0.1, 0.15) is 55.7 Å². The van der Waals surface area contributed by atoms with Gasteiger partial charge in [-0.2, -0.15) is 0 Å². The molecule has 4 heterocycles. The second kappa shape index (κ2) is 7.54. The van der Waals surface area contributed by atoms with Gasteiger partial charge in [-0.3, -0.25) is 4.79 Å². The van der Waals surface area contributed by atoms with Crippen LogP contribution in [0.4, 0.5) is 0 Å². The van der Waals surface area contributed by atoms with Crippen LogP contribution in [0.15, 0.2) is 47.7 Å². The van der Waals surface area contributed by atoms with Crippen LogP contribution in [-0.2, 0) is 11.2 Å². The molecule has 180 valence electrons. The van der Waals surface area contributed by atoms with Crippen LogP contribution in [-0.4, -0.2) is 37.2 Å². The smallest absolute Gasteiger partial charge is 0.231 e. The molecule has 6 heteroatoms. The topological polar surface area (TPSA) is 57.2 Å². The highest BCUT2D eigenvalue weighted by atomic mass is 16.7. The van der Waals surface area contributed by atoms with E-state index in [1.807, 2.05) is 12.1 Å². The third-order valence-corrected chi connectivity index (χ3v) is 7.76. The summed E-state index contributed by atoms with van der Waals surface area (Å²) >= 11 is 0. The molecule has 0 bridgehead atoms. The number of carbonyl (C=O) groups is 1. The summed E-state index contributed by atoms with van der Waals surface area (Å²) in [4.78, 5) is 16.0. The molecule has 0 amide bonds. The van der Waals surface area contributed by atoms with E-state index in [0.29, 0.717) is 19.6 Å². The molecule has 0 spiro atoms. The van der Waals surface area contributed by atoms with Gasteiger partial charge in [-0.1, -0.05) is 19.9 Å². The highest BCUT2D eigenvalue weighted by Gasteiger charge is 2.43. The summed E-state index contributed by atoms with van der Waals surface area (Å²) < 4.78 is 23.2. The first-order chi connectivity index (χ1) is 17.0. The van der Waals surface area contributed by atoms with Crippen LogP contribution in [0.5, 0.6) is 23.0 Å². The number of Topliss-reactive ketones (excluding diaryl/α,β-unsaturated/α-hetero) is 1. The molecule has 0 radical (unpaired) electrons. The van der Waals surface area contributed by atoms with Crippen molar-refractivity contribution in [1.29, 1.82) is 0 Å². The van der Waals surface area contributed by atoms with Crippen molar-refractivity contribution in [2.75, 3.05) is 26.6 Å². The van der Waals surface area contributed by atoms with E-state index in [1.54, 1.807) is 0 Å². The van der Waals surface area contributed by atoms with Gasteiger partial charge in [0.1, 0.15) is 0 Å². The molecule has 35 heavy (non-hydrogen) atoms. The fourth-order valence-electron chi connectivity index (χ4n) is 6.16. The van der Waals surface area contributed by atoms with Gasteiger partial charge in [-0.25, -0.2) is 0 Å². The van der Waals surface area contributed by atoms with E-state index in [2.05, 4.69) is 43.0 Å². The van der Waals surface area contributed by atoms with Gasteiger partial charge in [0, 0.05) is 47.8 Å². The number of rotatable bonds is 1. The molecule has 2 aromatic rings. The van der Waals surface area contributed by atoms with Gasteiger partial charge in [-0.05, 0) is 59.7 Å². The zero-order valence-electron chi connectivity index (χ0n) is 20.2. The first-order valence-corrected chi connectivity index (χ1v) is 12.5. The van der Waals surface area contributed by atoms with Crippen molar-refractivity contribution in [3.63, 3.8) is 0 Å². The molecule has 0 saturated carbocycles. The lowest BCUT2D eigenvalue weighted by Crippen LogP contribution is -2.40. The average Bonchev–Trinajstić information content (AvgIpc) is 3.18. The van der Waals surface area contributed by atoms with Gasteiger partial charge < -0.3 is 23.8 Å². The maximum absolute atomic E-state index is 13.6. The Hall–Kier alpha value is -3.41. The third kappa shape index (κ3) is 3.33. The molecule has 6 nitrogen and oxygen atoms in total. The summed E-state index contributed by atoms with van der Waals surface area (Å²) in [6, 6.07) is 10.4. The number of ketones is 1. The summed E-state index contributed by atoms with van der Waals surface area (Å²) in [5.41, 5.74) is 6.70.